The van der Waals surface area contributed by atoms with Crippen molar-refractivity contribution in [2.24, 2.45) is 17.8 Å². The van der Waals surface area contributed by atoms with Gasteiger partial charge >= 0.3 is 6.18 Å². The van der Waals surface area contributed by atoms with E-state index in [1.54, 1.807) is 12.3 Å². The molecule has 0 aromatic carbocycles. The number of halogens is 5. The molecule has 0 radical (unpaired) electrons. The van der Waals surface area contributed by atoms with Crippen LogP contribution in [0.15, 0.2) is 18.5 Å². The standard InChI is InChI=1S/C32H41F5N8O3/c1-4-44-24(7-11-39-44)28(47)41-25(18-5-9-31(33,34)10-6-18)23-17-45-29(40-23)42-26(19-8-12-48-30(2,3)15-19)22(43-45)14-20-13-21(32(35,36)37)16-38-27(20)46/h7,11,17-21,25H,4-6,8-10,12-16H2,1-3H3,(H,38,46)(H,41,47)/t19?,20-,21-,25+/m1/s1. The van der Waals surface area contributed by atoms with Crippen molar-refractivity contribution in [2.75, 3.05) is 13.2 Å². The van der Waals surface area contributed by atoms with Crippen molar-refractivity contribution in [3.63, 3.8) is 0 Å². The van der Waals surface area contributed by atoms with Crippen LogP contribution < -0.4 is 10.6 Å². The second-order valence-corrected chi connectivity index (χ2v) is 13.9. The lowest BCUT2D eigenvalue weighted by atomic mass is 9.81. The molecule has 2 N–H and O–H groups in total. The van der Waals surface area contributed by atoms with E-state index in [-0.39, 0.29) is 56.1 Å². The number of imidazole rings is 1. The Morgan fingerprint density at radius 3 is 2.62 bits per heavy atom. The number of fused-ring (bicyclic) bond motifs is 1. The summed E-state index contributed by atoms with van der Waals surface area (Å²) < 4.78 is 78.2. The SMILES string of the molecule is CCn1nccc1C(=O)N[C@H](c1cn2nc(C[C@H]3C[C@@H](C(F)(F)F)CNC3=O)c(C3CCOC(C)(C)C3)nc2n1)C1CCC(F)(F)CC1. The van der Waals surface area contributed by atoms with Crippen LogP contribution in [0, 0.1) is 17.8 Å². The van der Waals surface area contributed by atoms with Gasteiger partial charge in [-0.2, -0.15) is 23.4 Å². The number of aromatic nitrogens is 6. The van der Waals surface area contributed by atoms with Gasteiger partial charge in [0.1, 0.15) is 5.69 Å². The number of ether oxygens (including phenoxy) is 1. The van der Waals surface area contributed by atoms with E-state index in [1.165, 1.54) is 15.4 Å². The van der Waals surface area contributed by atoms with Gasteiger partial charge in [0.2, 0.25) is 11.8 Å². The van der Waals surface area contributed by atoms with Crippen LogP contribution in [0.1, 0.15) is 105 Å². The van der Waals surface area contributed by atoms with Gasteiger partial charge in [-0.25, -0.2) is 23.3 Å². The molecule has 3 aromatic heterocycles. The Morgan fingerprint density at radius 2 is 1.94 bits per heavy atom. The number of amides is 2. The zero-order valence-electron chi connectivity index (χ0n) is 27.2. The molecular weight excluding hydrogens is 639 g/mol. The molecule has 262 valence electrons. The van der Waals surface area contributed by atoms with E-state index in [0.717, 1.165) is 0 Å². The van der Waals surface area contributed by atoms with Crippen LogP contribution in [0.5, 0.6) is 0 Å². The molecule has 1 aliphatic carbocycles. The molecule has 2 saturated heterocycles. The van der Waals surface area contributed by atoms with Crippen molar-refractivity contribution in [2.45, 2.75) is 108 Å². The highest BCUT2D eigenvalue weighted by Crippen LogP contribution is 2.42. The molecule has 2 aliphatic heterocycles. The average Bonchev–Trinajstić information content (AvgIpc) is 3.66. The van der Waals surface area contributed by atoms with Crippen LogP contribution in [0.3, 0.4) is 0 Å². The first kappa shape index (κ1) is 34.2. The Kier molecular flexibility index (Phi) is 9.24. The summed E-state index contributed by atoms with van der Waals surface area (Å²) in [7, 11) is 0. The Balaban J connectivity index is 1.38. The third-order valence-corrected chi connectivity index (χ3v) is 9.97. The van der Waals surface area contributed by atoms with E-state index in [0.29, 0.717) is 48.8 Å². The molecular formula is C32H41F5N8O3. The van der Waals surface area contributed by atoms with Crippen molar-refractivity contribution >= 4 is 17.6 Å². The number of rotatable bonds is 8. The third-order valence-electron chi connectivity index (χ3n) is 9.97. The Hall–Kier alpha value is -3.69. The second-order valence-electron chi connectivity index (χ2n) is 13.9. The van der Waals surface area contributed by atoms with E-state index < -0.39 is 53.9 Å². The molecule has 4 atom stereocenters. The highest BCUT2D eigenvalue weighted by atomic mass is 19.4. The number of hydrogen-bond donors (Lipinski definition) is 2. The van der Waals surface area contributed by atoms with Gasteiger partial charge in [-0.05, 0) is 64.9 Å². The summed E-state index contributed by atoms with van der Waals surface area (Å²) in [6.45, 7) is 6.18. The Morgan fingerprint density at radius 1 is 1.19 bits per heavy atom. The molecule has 11 nitrogen and oxygen atoms in total. The predicted octanol–water partition coefficient (Wildman–Crippen LogP) is 5.17. The molecule has 3 aliphatic rings. The first-order chi connectivity index (χ1) is 22.6. The average molecular weight is 681 g/mol. The molecule has 0 bridgehead atoms. The summed E-state index contributed by atoms with van der Waals surface area (Å²) in [6.07, 6.45) is -0.944. The molecule has 3 aromatic rings. The number of alkyl halides is 5. The zero-order valence-corrected chi connectivity index (χ0v) is 27.2. The van der Waals surface area contributed by atoms with Crippen molar-refractivity contribution in [3.8, 4) is 0 Å². The number of carbonyl (C=O) groups excluding carboxylic acids is 2. The van der Waals surface area contributed by atoms with Gasteiger partial charge in [-0.3, -0.25) is 14.3 Å². The quantitative estimate of drug-likeness (QED) is 0.315. The van der Waals surface area contributed by atoms with Crippen LogP contribution in [0.2, 0.25) is 0 Å². The van der Waals surface area contributed by atoms with Gasteiger partial charge in [-0.15, -0.1) is 0 Å². The first-order valence-electron chi connectivity index (χ1n) is 16.6. The second kappa shape index (κ2) is 13.0. The fraction of sp³-hybridized carbons (Fsp3) is 0.688. The lowest BCUT2D eigenvalue weighted by molar-refractivity contribution is -0.183. The zero-order chi connectivity index (χ0) is 34.4. The fourth-order valence-electron chi connectivity index (χ4n) is 7.35. The van der Waals surface area contributed by atoms with Crippen LogP contribution in [-0.4, -0.2) is 72.0 Å². The monoisotopic (exact) mass is 680 g/mol. The van der Waals surface area contributed by atoms with Gasteiger partial charge < -0.3 is 15.4 Å². The minimum Gasteiger partial charge on any atom is -0.376 e. The number of piperidine rings is 1. The maximum Gasteiger partial charge on any atom is 0.393 e. The fourth-order valence-corrected chi connectivity index (χ4v) is 7.35. The molecule has 0 spiro atoms. The van der Waals surface area contributed by atoms with E-state index in [9.17, 15) is 31.5 Å². The van der Waals surface area contributed by atoms with E-state index in [2.05, 4.69) is 15.7 Å². The predicted molar refractivity (Wildman–Crippen MR) is 162 cm³/mol. The van der Waals surface area contributed by atoms with E-state index in [4.69, 9.17) is 19.8 Å². The summed E-state index contributed by atoms with van der Waals surface area (Å²) in [4.78, 5) is 35.9. The topological polar surface area (TPSA) is 128 Å². The summed E-state index contributed by atoms with van der Waals surface area (Å²) in [5, 5.41) is 14.4. The van der Waals surface area contributed by atoms with Crippen molar-refractivity contribution in [1.29, 1.82) is 0 Å². The minimum absolute atomic E-state index is 0.0547. The normalized spacial score (nSPS) is 25.5. The lowest BCUT2D eigenvalue weighted by Gasteiger charge is -2.36. The smallest absolute Gasteiger partial charge is 0.376 e. The first-order valence-corrected chi connectivity index (χ1v) is 16.6. The summed E-state index contributed by atoms with van der Waals surface area (Å²) in [6, 6.07) is 0.832. The highest BCUT2D eigenvalue weighted by Gasteiger charge is 2.45. The Labute approximate surface area is 274 Å². The van der Waals surface area contributed by atoms with Crippen LogP contribution in [-0.2, 0) is 22.5 Å². The van der Waals surface area contributed by atoms with Crippen molar-refractivity contribution in [3.05, 3.63) is 41.2 Å². The molecule has 3 fully saturated rings. The van der Waals surface area contributed by atoms with Crippen LogP contribution >= 0.6 is 0 Å². The molecule has 6 rings (SSSR count). The molecule has 48 heavy (non-hydrogen) atoms. The summed E-state index contributed by atoms with van der Waals surface area (Å²) in [5.41, 5.74) is 1.15. The van der Waals surface area contributed by atoms with Gasteiger partial charge in [0.05, 0.1) is 40.8 Å². The van der Waals surface area contributed by atoms with E-state index >= 15 is 0 Å². The molecule has 16 heteroatoms. The number of nitrogens with one attached hydrogen (secondary N) is 2. The third kappa shape index (κ3) is 7.32. The number of aryl methyl sites for hydroxylation is 1. The van der Waals surface area contributed by atoms with Gasteiger partial charge in [0.25, 0.3) is 11.7 Å². The molecule has 5 heterocycles. The highest BCUT2D eigenvalue weighted by molar-refractivity contribution is 5.92. The van der Waals surface area contributed by atoms with Crippen LogP contribution in [0.4, 0.5) is 22.0 Å². The van der Waals surface area contributed by atoms with Crippen molar-refractivity contribution in [1.82, 2.24) is 40.0 Å². The van der Waals surface area contributed by atoms with Gasteiger partial charge in [0.15, 0.2) is 0 Å². The summed E-state index contributed by atoms with van der Waals surface area (Å²) in [5.74, 6) is -6.62. The number of hydrogen-bond acceptors (Lipinski definition) is 7. The van der Waals surface area contributed by atoms with Crippen LogP contribution in [0.25, 0.3) is 5.78 Å². The minimum atomic E-state index is -4.45. The Bertz CT molecular complexity index is 1640. The van der Waals surface area contributed by atoms with Crippen molar-refractivity contribution < 1.29 is 36.3 Å². The maximum atomic E-state index is 14.2. The lowest BCUT2D eigenvalue weighted by Crippen LogP contribution is -2.47. The van der Waals surface area contributed by atoms with Gasteiger partial charge in [0, 0.05) is 57.0 Å². The molecule has 1 unspecified atom stereocenters. The number of nitrogens with zero attached hydrogens (tertiary/aromatic N) is 6. The summed E-state index contributed by atoms with van der Waals surface area (Å²) >= 11 is 0. The number of carbonyl (C=O) groups is 2. The maximum absolute atomic E-state index is 14.2. The molecule has 2 amide bonds. The van der Waals surface area contributed by atoms with E-state index in [1.807, 2.05) is 20.8 Å². The largest absolute Gasteiger partial charge is 0.393 e. The molecule has 1 saturated carbocycles. The van der Waals surface area contributed by atoms with Gasteiger partial charge in [-0.1, -0.05) is 0 Å².